The first-order chi connectivity index (χ1) is 13.9. The molecule has 0 bridgehead atoms. The highest BCUT2D eigenvalue weighted by atomic mass is 14.6. The first-order valence-electron chi connectivity index (χ1n) is 12.8. The molecule has 0 saturated heterocycles. The second-order valence-corrected chi connectivity index (χ2v) is 9.86. The van der Waals surface area contributed by atoms with Gasteiger partial charge in [-0.1, -0.05) is 97.8 Å². The molecular weight excluding hydrogens is 352 g/mol. The van der Waals surface area contributed by atoms with E-state index in [4.69, 9.17) is 11.5 Å². The lowest BCUT2D eigenvalue weighted by atomic mass is 9.60. The highest BCUT2D eigenvalue weighted by molar-refractivity contribution is 5.44. The Bertz CT molecular complexity index is 493. The molecule has 1 rings (SSSR count). The monoisotopic (exact) mass is 404 g/mol. The van der Waals surface area contributed by atoms with Crippen LogP contribution in [0.3, 0.4) is 0 Å². The van der Waals surface area contributed by atoms with Crippen LogP contribution in [0.5, 0.6) is 0 Å². The molecule has 170 valence electrons. The van der Waals surface area contributed by atoms with Gasteiger partial charge in [-0.15, -0.1) is 0 Å². The molecule has 0 heterocycles. The van der Waals surface area contributed by atoms with E-state index in [2.05, 4.69) is 53.7 Å². The van der Waals surface area contributed by atoms with Gasteiger partial charge >= 0.3 is 0 Å². The number of unbranched alkanes of at least 4 members (excludes halogenated alkanes) is 2. The molecule has 0 aromatic heterocycles. The van der Waals surface area contributed by atoms with Crippen molar-refractivity contribution in [1.29, 1.82) is 0 Å². The van der Waals surface area contributed by atoms with Gasteiger partial charge in [0.1, 0.15) is 0 Å². The molecular formula is C27H52N2. The molecule has 0 spiro atoms. The molecule has 2 heteroatoms. The van der Waals surface area contributed by atoms with Gasteiger partial charge in [-0.2, -0.15) is 0 Å². The zero-order valence-electron chi connectivity index (χ0n) is 20.6. The van der Waals surface area contributed by atoms with Gasteiger partial charge in [0.05, 0.1) is 0 Å². The Morgan fingerprint density at radius 1 is 0.724 bits per heavy atom. The van der Waals surface area contributed by atoms with Gasteiger partial charge in [-0.3, -0.25) is 0 Å². The van der Waals surface area contributed by atoms with Gasteiger partial charge in [0.15, 0.2) is 0 Å². The van der Waals surface area contributed by atoms with Crippen LogP contribution in [0.25, 0.3) is 0 Å². The summed E-state index contributed by atoms with van der Waals surface area (Å²) in [6, 6.07) is 0.545. The van der Waals surface area contributed by atoms with E-state index in [0.29, 0.717) is 11.8 Å². The Kier molecular flexibility index (Phi) is 12.4. The van der Waals surface area contributed by atoms with Gasteiger partial charge in [0.2, 0.25) is 0 Å². The van der Waals surface area contributed by atoms with Crippen LogP contribution in [0.15, 0.2) is 23.3 Å². The van der Waals surface area contributed by atoms with Crippen LogP contribution in [-0.2, 0) is 0 Å². The van der Waals surface area contributed by atoms with Crippen LogP contribution in [0.4, 0.5) is 0 Å². The molecule has 0 saturated carbocycles. The summed E-state index contributed by atoms with van der Waals surface area (Å²) in [5.74, 6) is 1.31. The standard InChI is InChI=1S/C27H52N2/c1-7-11-15-24(28)19-23-17-18-27(21(5)13-9-3,22(6)14-10-4)26(23)20-25(29)16-12-8-2/h17-18,21-22,24-25H,7-16,19-20,28-29H2,1-6H3. The van der Waals surface area contributed by atoms with Crippen molar-refractivity contribution in [1.82, 2.24) is 0 Å². The van der Waals surface area contributed by atoms with E-state index in [9.17, 15) is 0 Å². The number of hydrogen-bond donors (Lipinski definition) is 2. The molecule has 1 aliphatic carbocycles. The SMILES string of the molecule is CCCCC(N)CC1=C(CC(N)CCCC)C(C(C)CCC)(C(C)CCC)C=C1. The first kappa shape index (κ1) is 26.4. The first-order valence-corrected chi connectivity index (χ1v) is 12.8. The molecule has 0 aromatic carbocycles. The fourth-order valence-electron chi connectivity index (χ4n) is 5.65. The number of nitrogens with two attached hydrogens (primary N) is 2. The molecule has 4 N–H and O–H groups in total. The summed E-state index contributed by atoms with van der Waals surface area (Å²) in [6.07, 6.45) is 19.3. The lowest BCUT2D eigenvalue weighted by Gasteiger charge is -2.44. The van der Waals surface area contributed by atoms with Crippen molar-refractivity contribution in [3.8, 4) is 0 Å². The van der Waals surface area contributed by atoms with Crippen molar-refractivity contribution >= 4 is 0 Å². The van der Waals surface area contributed by atoms with Gasteiger partial charge in [-0.25, -0.2) is 0 Å². The molecule has 0 aliphatic heterocycles. The van der Waals surface area contributed by atoms with Crippen LogP contribution >= 0.6 is 0 Å². The summed E-state index contributed by atoms with van der Waals surface area (Å²) < 4.78 is 0. The molecule has 29 heavy (non-hydrogen) atoms. The quantitative estimate of drug-likeness (QED) is 0.279. The van der Waals surface area contributed by atoms with Crippen molar-refractivity contribution < 1.29 is 0 Å². The van der Waals surface area contributed by atoms with E-state index >= 15 is 0 Å². The zero-order chi connectivity index (χ0) is 21.9. The van der Waals surface area contributed by atoms with Crippen LogP contribution in [0.2, 0.25) is 0 Å². The summed E-state index contributed by atoms with van der Waals surface area (Å²) in [6.45, 7) is 14.1. The van der Waals surface area contributed by atoms with Crippen molar-refractivity contribution in [2.45, 2.75) is 131 Å². The maximum Gasteiger partial charge on any atom is 0.0151 e. The molecule has 4 unspecified atom stereocenters. The van der Waals surface area contributed by atoms with Crippen LogP contribution < -0.4 is 11.5 Å². The lowest BCUT2D eigenvalue weighted by molar-refractivity contribution is 0.174. The third kappa shape index (κ3) is 7.24. The topological polar surface area (TPSA) is 52.0 Å². The summed E-state index contributed by atoms with van der Waals surface area (Å²) >= 11 is 0. The third-order valence-electron chi connectivity index (χ3n) is 7.35. The Labute approximate surface area is 183 Å². The van der Waals surface area contributed by atoms with E-state index in [1.165, 1.54) is 56.9 Å². The number of hydrogen-bond acceptors (Lipinski definition) is 2. The van der Waals surface area contributed by atoms with Crippen molar-refractivity contribution in [2.24, 2.45) is 28.7 Å². The summed E-state index contributed by atoms with van der Waals surface area (Å²) in [7, 11) is 0. The predicted octanol–water partition coefficient (Wildman–Crippen LogP) is 7.53. The van der Waals surface area contributed by atoms with Gasteiger partial charge < -0.3 is 11.5 Å². The van der Waals surface area contributed by atoms with Crippen molar-refractivity contribution in [3.05, 3.63) is 23.3 Å². The minimum atomic E-state index is 0.176. The molecule has 2 nitrogen and oxygen atoms in total. The second kappa shape index (κ2) is 13.7. The number of allylic oxidation sites excluding steroid dienone is 2. The predicted molar refractivity (Wildman–Crippen MR) is 131 cm³/mol. The highest BCUT2D eigenvalue weighted by Gasteiger charge is 2.45. The minimum Gasteiger partial charge on any atom is -0.327 e. The van der Waals surface area contributed by atoms with E-state index in [1.54, 1.807) is 5.57 Å². The fourth-order valence-corrected chi connectivity index (χ4v) is 5.65. The van der Waals surface area contributed by atoms with Gasteiger partial charge in [0, 0.05) is 17.5 Å². The molecule has 0 aromatic rings. The normalized spacial score (nSPS) is 23.4. The Morgan fingerprint density at radius 2 is 1.21 bits per heavy atom. The average molecular weight is 405 g/mol. The molecule has 0 fully saturated rings. The summed E-state index contributed by atoms with van der Waals surface area (Å²) in [4.78, 5) is 0. The van der Waals surface area contributed by atoms with Crippen LogP contribution in [-0.4, -0.2) is 12.1 Å². The Hall–Kier alpha value is -0.600. The van der Waals surface area contributed by atoms with E-state index < -0.39 is 0 Å². The molecule has 1 aliphatic rings. The van der Waals surface area contributed by atoms with E-state index in [0.717, 1.165) is 25.7 Å². The van der Waals surface area contributed by atoms with E-state index in [1.807, 2.05) is 0 Å². The third-order valence-corrected chi connectivity index (χ3v) is 7.35. The van der Waals surface area contributed by atoms with E-state index in [-0.39, 0.29) is 17.5 Å². The van der Waals surface area contributed by atoms with Gasteiger partial charge in [0.25, 0.3) is 0 Å². The molecule has 0 radical (unpaired) electrons. The number of rotatable bonds is 16. The average Bonchev–Trinajstić information content (AvgIpc) is 3.04. The smallest absolute Gasteiger partial charge is 0.0151 e. The lowest BCUT2D eigenvalue weighted by Crippen LogP contribution is -2.37. The fraction of sp³-hybridized carbons (Fsp3) is 0.852. The molecule has 0 amide bonds. The maximum absolute atomic E-state index is 6.69. The van der Waals surface area contributed by atoms with Gasteiger partial charge in [-0.05, 0) is 55.9 Å². The Balaban J connectivity index is 3.28. The highest BCUT2D eigenvalue weighted by Crippen LogP contribution is 2.54. The summed E-state index contributed by atoms with van der Waals surface area (Å²) in [5, 5.41) is 0. The van der Waals surface area contributed by atoms with Crippen LogP contribution in [0, 0.1) is 17.3 Å². The maximum atomic E-state index is 6.69. The summed E-state index contributed by atoms with van der Waals surface area (Å²) in [5.41, 5.74) is 16.6. The zero-order valence-corrected chi connectivity index (χ0v) is 20.6. The minimum absolute atomic E-state index is 0.176. The molecule has 4 atom stereocenters. The van der Waals surface area contributed by atoms with Crippen LogP contribution in [0.1, 0.15) is 119 Å². The van der Waals surface area contributed by atoms with Crippen molar-refractivity contribution in [2.75, 3.05) is 0 Å². The second-order valence-electron chi connectivity index (χ2n) is 9.86. The van der Waals surface area contributed by atoms with Crippen molar-refractivity contribution in [3.63, 3.8) is 0 Å². The largest absolute Gasteiger partial charge is 0.327 e. The Morgan fingerprint density at radius 3 is 1.66 bits per heavy atom.